The number of benzene rings is 1. The Morgan fingerprint density at radius 2 is 1.93 bits per heavy atom. The third-order valence-corrected chi connectivity index (χ3v) is 6.31. The van der Waals surface area contributed by atoms with Crippen molar-refractivity contribution in [1.82, 2.24) is 14.9 Å². The molecule has 27 heavy (non-hydrogen) atoms. The van der Waals surface area contributed by atoms with Crippen LogP contribution in [0.4, 0.5) is 0 Å². The zero-order valence-corrected chi connectivity index (χ0v) is 17.0. The van der Waals surface area contributed by atoms with Crippen LogP contribution in [-0.4, -0.2) is 59.2 Å². The molecule has 0 bridgehead atoms. The Kier molecular flexibility index (Phi) is 6.73. The van der Waals surface area contributed by atoms with Gasteiger partial charge in [0, 0.05) is 39.8 Å². The summed E-state index contributed by atoms with van der Waals surface area (Å²) in [6.45, 7) is 2.91. The molecule has 2 N–H and O–H groups in total. The van der Waals surface area contributed by atoms with Gasteiger partial charge in [-0.05, 0) is 49.3 Å². The van der Waals surface area contributed by atoms with E-state index < -0.39 is 10.0 Å². The second-order valence-electron chi connectivity index (χ2n) is 7.38. The van der Waals surface area contributed by atoms with E-state index in [-0.39, 0.29) is 6.04 Å². The molecule has 0 amide bonds. The summed E-state index contributed by atoms with van der Waals surface area (Å²) in [5.41, 5.74) is 1.000. The number of aliphatic imine (C=N–C) groups is 1. The van der Waals surface area contributed by atoms with Crippen LogP contribution in [-0.2, 0) is 21.3 Å². The molecule has 3 rings (SSSR count). The Labute approximate surface area is 162 Å². The second kappa shape index (κ2) is 9.03. The van der Waals surface area contributed by atoms with E-state index >= 15 is 0 Å². The number of guanidine groups is 1. The van der Waals surface area contributed by atoms with Gasteiger partial charge >= 0.3 is 0 Å². The minimum absolute atomic E-state index is 0.114. The normalized spacial score (nSPS) is 17.8. The molecule has 0 radical (unpaired) electrons. The van der Waals surface area contributed by atoms with Crippen LogP contribution < -0.4 is 10.0 Å². The van der Waals surface area contributed by atoms with Crippen molar-refractivity contribution >= 4 is 16.0 Å². The van der Waals surface area contributed by atoms with Crippen LogP contribution in [0.3, 0.4) is 0 Å². The molecule has 1 aromatic rings. The van der Waals surface area contributed by atoms with Gasteiger partial charge in [-0.1, -0.05) is 12.1 Å². The fraction of sp³-hybridized carbons (Fsp3) is 0.632. The van der Waals surface area contributed by atoms with Crippen LogP contribution in [0.15, 0.2) is 34.2 Å². The molecule has 0 aliphatic heterocycles. The van der Waals surface area contributed by atoms with Crippen LogP contribution in [0.5, 0.6) is 0 Å². The lowest BCUT2D eigenvalue weighted by molar-refractivity contribution is 0.115. The average molecular weight is 395 g/mol. The van der Waals surface area contributed by atoms with Crippen molar-refractivity contribution in [2.45, 2.75) is 43.2 Å². The molecular weight excluding hydrogens is 364 g/mol. The van der Waals surface area contributed by atoms with Crippen LogP contribution in [0, 0.1) is 5.92 Å². The molecule has 0 unspecified atom stereocenters. The highest BCUT2D eigenvalue weighted by Crippen LogP contribution is 2.28. The molecule has 0 atom stereocenters. The standard InChI is InChI=1S/C19H30N4O3S/c1-20-19(23(2)11-12-26-14-16-3-4-16)21-13-15-5-9-18(10-6-15)27(24,25)22-17-7-8-17/h5-6,9-10,16-17,22H,3-4,7-8,11-14H2,1-2H3,(H,20,21). The lowest BCUT2D eigenvalue weighted by Crippen LogP contribution is -2.40. The van der Waals surface area contributed by atoms with Crippen molar-refractivity contribution in [1.29, 1.82) is 0 Å². The Balaban J connectivity index is 1.44. The zero-order valence-electron chi connectivity index (χ0n) is 16.1. The Morgan fingerprint density at radius 3 is 2.52 bits per heavy atom. The molecule has 8 heteroatoms. The summed E-state index contributed by atoms with van der Waals surface area (Å²) >= 11 is 0. The second-order valence-corrected chi connectivity index (χ2v) is 9.09. The highest BCUT2D eigenvalue weighted by Gasteiger charge is 2.27. The van der Waals surface area contributed by atoms with E-state index in [4.69, 9.17) is 4.74 Å². The van der Waals surface area contributed by atoms with Crippen LogP contribution in [0.25, 0.3) is 0 Å². The maximum atomic E-state index is 12.2. The van der Waals surface area contributed by atoms with Crippen molar-refractivity contribution in [2.75, 3.05) is 33.9 Å². The molecule has 0 spiro atoms. The Bertz CT molecular complexity index is 741. The Hall–Kier alpha value is -1.64. The van der Waals surface area contributed by atoms with E-state index in [2.05, 4.69) is 15.0 Å². The summed E-state index contributed by atoms with van der Waals surface area (Å²) in [5, 5.41) is 3.30. The van der Waals surface area contributed by atoms with Crippen LogP contribution in [0.1, 0.15) is 31.2 Å². The molecule has 2 aliphatic rings. The largest absolute Gasteiger partial charge is 0.379 e. The number of nitrogens with one attached hydrogen (secondary N) is 2. The smallest absolute Gasteiger partial charge is 0.240 e. The predicted molar refractivity (Wildman–Crippen MR) is 106 cm³/mol. The molecular formula is C19H30N4O3S. The van der Waals surface area contributed by atoms with Gasteiger partial charge in [-0.3, -0.25) is 4.99 Å². The maximum absolute atomic E-state index is 12.2. The molecule has 2 saturated carbocycles. The van der Waals surface area contributed by atoms with E-state index in [1.54, 1.807) is 19.2 Å². The van der Waals surface area contributed by atoms with Gasteiger partial charge in [0.05, 0.1) is 11.5 Å². The first-order valence-electron chi connectivity index (χ1n) is 9.59. The first kappa shape index (κ1) is 20.1. The van der Waals surface area contributed by atoms with Crippen molar-refractivity contribution in [3.8, 4) is 0 Å². The van der Waals surface area contributed by atoms with Crippen LogP contribution >= 0.6 is 0 Å². The molecule has 150 valence electrons. The van der Waals surface area contributed by atoms with E-state index in [0.717, 1.165) is 43.4 Å². The molecule has 0 heterocycles. The van der Waals surface area contributed by atoms with Crippen molar-refractivity contribution in [3.05, 3.63) is 29.8 Å². The van der Waals surface area contributed by atoms with Gasteiger partial charge < -0.3 is 15.0 Å². The third kappa shape index (κ3) is 6.48. The number of likely N-dealkylation sites (N-methyl/N-ethyl adjacent to an activating group) is 1. The summed E-state index contributed by atoms with van der Waals surface area (Å²) in [5.74, 6) is 1.57. The van der Waals surface area contributed by atoms with Gasteiger partial charge in [-0.2, -0.15) is 0 Å². The van der Waals surface area contributed by atoms with E-state index in [9.17, 15) is 8.42 Å². The van der Waals surface area contributed by atoms with Gasteiger partial charge in [-0.25, -0.2) is 13.1 Å². The first-order valence-corrected chi connectivity index (χ1v) is 11.1. The highest BCUT2D eigenvalue weighted by molar-refractivity contribution is 7.89. The number of nitrogens with zero attached hydrogens (tertiary/aromatic N) is 2. The third-order valence-electron chi connectivity index (χ3n) is 4.78. The monoisotopic (exact) mass is 394 g/mol. The summed E-state index contributed by atoms with van der Waals surface area (Å²) in [6.07, 6.45) is 4.46. The Morgan fingerprint density at radius 1 is 1.22 bits per heavy atom. The average Bonchev–Trinajstić information content (AvgIpc) is 3.56. The van der Waals surface area contributed by atoms with Crippen molar-refractivity contribution in [3.63, 3.8) is 0 Å². The van der Waals surface area contributed by atoms with Crippen LogP contribution in [0.2, 0.25) is 0 Å². The summed E-state index contributed by atoms with van der Waals surface area (Å²) in [7, 11) is 0.340. The van der Waals surface area contributed by atoms with E-state index in [0.29, 0.717) is 18.0 Å². The number of hydrogen-bond acceptors (Lipinski definition) is 4. The van der Waals surface area contributed by atoms with Gasteiger partial charge in [0.2, 0.25) is 10.0 Å². The van der Waals surface area contributed by atoms with Gasteiger partial charge in [0.1, 0.15) is 0 Å². The lowest BCUT2D eigenvalue weighted by Gasteiger charge is -2.22. The van der Waals surface area contributed by atoms with Crippen molar-refractivity contribution < 1.29 is 13.2 Å². The van der Waals surface area contributed by atoms with E-state index in [1.165, 1.54) is 12.8 Å². The summed E-state index contributed by atoms with van der Waals surface area (Å²) in [4.78, 5) is 6.64. The maximum Gasteiger partial charge on any atom is 0.240 e. The fourth-order valence-corrected chi connectivity index (χ4v) is 3.99. The fourth-order valence-electron chi connectivity index (χ4n) is 2.68. The molecule has 0 aromatic heterocycles. The minimum Gasteiger partial charge on any atom is -0.379 e. The summed E-state index contributed by atoms with van der Waals surface area (Å²) < 4.78 is 32.8. The molecule has 1 aromatic carbocycles. The quantitative estimate of drug-likeness (QED) is 0.358. The van der Waals surface area contributed by atoms with E-state index in [1.807, 2.05) is 24.1 Å². The van der Waals surface area contributed by atoms with Gasteiger partial charge in [0.15, 0.2) is 5.96 Å². The number of sulfonamides is 1. The molecule has 2 fully saturated rings. The minimum atomic E-state index is -3.39. The van der Waals surface area contributed by atoms with Gasteiger partial charge in [-0.15, -0.1) is 0 Å². The van der Waals surface area contributed by atoms with Crippen molar-refractivity contribution in [2.24, 2.45) is 10.9 Å². The molecule has 2 aliphatic carbocycles. The number of rotatable bonds is 10. The highest BCUT2D eigenvalue weighted by atomic mass is 32.2. The molecule has 0 saturated heterocycles. The lowest BCUT2D eigenvalue weighted by atomic mass is 10.2. The van der Waals surface area contributed by atoms with Gasteiger partial charge in [0.25, 0.3) is 0 Å². The summed E-state index contributed by atoms with van der Waals surface area (Å²) in [6, 6.07) is 7.09. The number of ether oxygens (including phenoxy) is 1. The number of hydrogen-bond donors (Lipinski definition) is 2. The first-order chi connectivity index (χ1) is 13.0. The zero-order chi connectivity index (χ0) is 19.3. The predicted octanol–water partition coefficient (Wildman–Crippen LogP) is 1.56. The molecule has 7 nitrogen and oxygen atoms in total. The topological polar surface area (TPSA) is 83.0 Å². The SMILES string of the molecule is CN=C(NCc1ccc(S(=O)(=O)NC2CC2)cc1)N(C)CCOCC1CC1.